The molecule has 2 atom stereocenters. The molecule has 2 aromatic carbocycles. The van der Waals surface area contributed by atoms with Gasteiger partial charge in [-0.05, 0) is 50.5 Å². The zero-order valence-corrected chi connectivity index (χ0v) is 26.1. The molecule has 2 amide bonds. The van der Waals surface area contributed by atoms with Gasteiger partial charge in [0.25, 0.3) is 11.0 Å². The number of carbonyl (C=O) groups excluding carboxylic acids is 2. The maximum absolute atomic E-state index is 13.6. The molecule has 0 fully saturated rings. The van der Waals surface area contributed by atoms with Crippen LogP contribution >= 0.6 is 11.3 Å². The Bertz CT molecular complexity index is 1530. The number of thiazole rings is 1. The predicted octanol–water partition coefficient (Wildman–Crippen LogP) is 3.09. The molecule has 0 bridgehead atoms. The maximum Gasteiger partial charge on any atom is 0.407 e. The van der Waals surface area contributed by atoms with Crippen molar-refractivity contribution in [1.82, 2.24) is 15.6 Å². The number of hydrogen-bond acceptors (Lipinski definition) is 11. The Labute approximate surface area is 250 Å². The summed E-state index contributed by atoms with van der Waals surface area (Å²) in [6.07, 6.45) is -0.312. The molecule has 0 saturated heterocycles. The van der Waals surface area contributed by atoms with Crippen molar-refractivity contribution in [2.24, 2.45) is 0 Å². The minimum atomic E-state index is -3.49. The number of amides is 2. The molecular weight excluding hydrogens is 605 g/mol. The minimum Gasteiger partial charge on any atom is -0.453 e. The molecule has 0 spiro atoms. The average Bonchev–Trinajstić information content (AvgIpc) is 3.39. The lowest BCUT2D eigenvalue weighted by atomic mass is 10.0. The monoisotopic (exact) mass is 638 g/mol. The molecule has 15 heteroatoms. The average molecular weight is 639 g/mol. The molecule has 3 rings (SSSR count). The Morgan fingerprint density at radius 1 is 0.976 bits per heavy atom. The number of hydrogen-bond donors (Lipinski definition) is 4. The van der Waals surface area contributed by atoms with E-state index in [0.717, 1.165) is 11.1 Å². The minimum absolute atomic E-state index is 0.197. The number of thiol groups is 1. The molecule has 42 heavy (non-hydrogen) atoms. The van der Waals surface area contributed by atoms with Gasteiger partial charge in [-0.25, -0.2) is 32.1 Å². The third kappa shape index (κ3) is 9.79. The molecule has 0 radical (unpaired) electrons. The zero-order valence-electron chi connectivity index (χ0n) is 23.5. The van der Waals surface area contributed by atoms with Gasteiger partial charge in [0.15, 0.2) is 9.84 Å². The van der Waals surface area contributed by atoms with Crippen LogP contribution in [0.25, 0.3) is 0 Å². The third-order valence-electron chi connectivity index (χ3n) is 6.20. The van der Waals surface area contributed by atoms with E-state index < -0.39 is 49.7 Å². The van der Waals surface area contributed by atoms with E-state index in [9.17, 15) is 26.4 Å². The van der Waals surface area contributed by atoms with Crippen LogP contribution in [0.4, 0.5) is 10.5 Å². The molecule has 0 aliphatic heterocycles. The normalized spacial score (nSPS) is 13.3. The lowest BCUT2D eigenvalue weighted by molar-refractivity contribution is -0.123. The smallest absolute Gasteiger partial charge is 0.407 e. The highest BCUT2D eigenvalue weighted by Crippen LogP contribution is 2.26. The molecule has 3 aromatic rings. The second-order valence-electron chi connectivity index (χ2n) is 10.3. The molecular formula is C27H34N4O8S3. The number of alkyl carbamates (subject to hydrolysis) is 1. The highest BCUT2D eigenvalue weighted by molar-refractivity contribution is 7.92. The van der Waals surface area contributed by atoms with E-state index in [2.05, 4.69) is 25.4 Å². The van der Waals surface area contributed by atoms with Gasteiger partial charge in [0.1, 0.15) is 16.8 Å². The number of carbonyl (C=O) groups is 2. The number of anilines is 1. The number of methoxy groups -OCH3 is 1. The summed E-state index contributed by atoms with van der Waals surface area (Å²) in [5.74, 6) is -0.734. The van der Waals surface area contributed by atoms with E-state index in [0.29, 0.717) is 16.4 Å². The van der Waals surface area contributed by atoms with Gasteiger partial charge in [0, 0.05) is 11.8 Å². The third-order valence-corrected chi connectivity index (χ3v) is 10.0. The van der Waals surface area contributed by atoms with Crippen molar-refractivity contribution in [1.29, 1.82) is 0 Å². The summed E-state index contributed by atoms with van der Waals surface area (Å²) in [5.41, 5.74) is 4.73. The van der Waals surface area contributed by atoms with Crippen LogP contribution in [0.3, 0.4) is 0 Å². The van der Waals surface area contributed by atoms with Crippen LogP contribution in [0.2, 0.25) is 0 Å². The first-order valence-corrected chi connectivity index (χ1v) is 16.4. The van der Waals surface area contributed by atoms with Gasteiger partial charge in [0.05, 0.1) is 29.3 Å². The number of nitrogens with one attached hydrogen (secondary N) is 3. The molecule has 1 aromatic heterocycles. The molecule has 12 nitrogen and oxygen atoms in total. The SMILES string of the molecule is COC(=O)N[C@@H](Cc1ccccc1)C(=O)N[C@@H](Cc1ccc(NO[SH](=O)=O)cc1)c1csc(CS(=O)(=O)C(C)(C)C)n1. The Morgan fingerprint density at radius 2 is 1.62 bits per heavy atom. The van der Waals surface area contributed by atoms with Crippen molar-refractivity contribution in [3.05, 3.63) is 81.8 Å². The van der Waals surface area contributed by atoms with E-state index in [1.54, 1.807) is 50.4 Å². The quantitative estimate of drug-likeness (QED) is 0.161. The van der Waals surface area contributed by atoms with Crippen molar-refractivity contribution < 1.29 is 35.4 Å². The van der Waals surface area contributed by atoms with Gasteiger partial charge in [-0.2, -0.15) is 4.28 Å². The van der Waals surface area contributed by atoms with E-state index in [1.807, 2.05) is 30.3 Å². The Kier molecular flexibility index (Phi) is 11.4. The number of rotatable bonds is 13. The zero-order chi connectivity index (χ0) is 30.9. The molecule has 0 unspecified atom stereocenters. The highest BCUT2D eigenvalue weighted by Gasteiger charge is 2.31. The second-order valence-corrected chi connectivity index (χ2v) is 14.6. The molecule has 1 heterocycles. The first kappa shape index (κ1) is 33.0. The van der Waals surface area contributed by atoms with Gasteiger partial charge in [-0.15, -0.1) is 11.3 Å². The van der Waals surface area contributed by atoms with Crippen LogP contribution in [0.5, 0.6) is 0 Å². The van der Waals surface area contributed by atoms with Crippen molar-refractivity contribution in [3.63, 3.8) is 0 Å². The van der Waals surface area contributed by atoms with Gasteiger partial charge in [-0.1, -0.05) is 42.5 Å². The van der Waals surface area contributed by atoms with Crippen LogP contribution < -0.4 is 16.1 Å². The summed E-state index contributed by atoms with van der Waals surface area (Å²) in [6.45, 7) is 4.87. The predicted molar refractivity (Wildman–Crippen MR) is 160 cm³/mol. The lowest BCUT2D eigenvalue weighted by Crippen LogP contribution is -2.49. The van der Waals surface area contributed by atoms with Gasteiger partial charge < -0.3 is 15.4 Å². The molecule has 3 N–H and O–H groups in total. The Balaban J connectivity index is 1.89. The fourth-order valence-corrected chi connectivity index (χ4v) is 6.10. The number of sulfone groups is 1. The molecule has 0 saturated carbocycles. The van der Waals surface area contributed by atoms with E-state index in [4.69, 9.17) is 4.74 Å². The summed E-state index contributed by atoms with van der Waals surface area (Å²) in [5, 5.41) is 7.62. The summed E-state index contributed by atoms with van der Waals surface area (Å²) in [4.78, 5) is 30.2. The largest absolute Gasteiger partial charge is 0.453 e. The van der Waals surface area contributed by atoms with E-state index >= 15 is 0 Å². The summed E-state index contributed by atoms with van der Waals surface area (Å²) in [7, 11) is -5.37. The highest BCUT2D eigenvalue weighted by atomic mass is 32.2. The van der Waals surface area contributed by atoms with Crippen molar-refractivity contribution in [3.8, 4) is 0 Å². The standard InChI is InChI=1S/C27H34N4O8S3/c1-27(2,3)42(36,37)17-24-28-23(16-40-24)21(14-19-10-12-20(13-11-19)31-39-41(34)35)29-25(32)22(30-26(33)38-4)15-18-8-6-5-7-9-18/h5-13,16,21-22,31,41H,14-15,17H2,1-4H3,(H,29,32)(H,30,33)/t21-,22-/m0/s1. The lowest BCUT2D eigenvalue weighted by Gasteiger charge is -2.23. The topological polar surface area (TPSA) is 170 Å². The van der Waals surface area contributed by atoms with Crippen LogP contribution in [-0.2, 0) is 53.2 Å². The number of nitrogens with zero attached hydrogens (tertiary/aromatic N) is 1. The van der Waals surface area contributed by atoms with Crippen molar-refractivity contribution in [2.45, 2.75) is 56.2 Å². The fraction of sp³-hybridized carbons (Fsp3) is 0.370. The molecule has 228 valence electrons. The maximum atomic E-state index is 13.6. The van der Waals surface area contributed by atoms with Gasteiger partial charge in [0.2, 0.25) is 5.91 Å². The molecule has 0 aliphatic rings. The summed E-state index contributed by atoms with van der Waals surface area (Å²) in [6, 6.07) is 14.1. The van der Waals surface area contributed by atoms with Gasteiger partial charge in [-0.3, -0.25) is 4.79 Å². The van der Waals surface area contributed by atoms with E-state index in [1.165, 1.54) is 18.4 Å². The van der Waals surface area contributed by atoms with Crippen LogP contribution in [-0.4, -0.2) is 51.7 Å². The van der Waals surface area contributed by atoms with Crippen molar-refractivity contribution >= 4 is 49.8 Å². The summed E-state index contributed by atoms with van der Waals surface area (Å²) < 4.78 is 55.1. The number of aromatic nitrogens is 1. The molecule has 0 aliphatic carbocycles. The first-order chi connectivity index (χ1) is 19.8. The fourth-order valence-electron chi connectivity index (χ4n) is 3.73. The van der Waals surface area contributed by atoms with E-state index in [-0.39, 0.29) is 18.6 Å². The second kappa shape index (κ2) is 14.6. The van der Waals surface area contributed by atoms with Crippen LogP contribution in [0, 0.1) is 0 Å². The van der Waals surface area contributed by atoms with Crippen molar-refractivity contribution in [2.75, 3.05) is 12.6 Å². The Hall–Kier alpha value is -3.53. The first-order valence-electron chi connectivity index (χ1n) is 12.8. The Morgan fingerprint density at radius 3 is 2.21 bits per heavy atom. The van der Waals surface area contributed by atoms with Gasteiger partial charge >= 0.3 is 6.09 Å². The van der Waals surface area contributed by atoms with Crippen LogP contribution in [0.1, 0.15) is 48.6 Å². The number of benzene rings is 2. The number of ether oxygens (including phenoxy) is 1. The summed E-state index contributed by atoms with van der Waals surface area (Å²) >= 11 is 1.18. The van der Waals surface area contributed by atoms with Crippen LogP contribution in [0.15, 0.2) is 60.0 Å².